The zero-order valence-corrected chi connectivity index (χ0v) is 6.78. The van der Waals surface area contributed by atoms with Gasteiger partial charge in [-0.25, -0.2) is 4.98 Å². The number of fused-ring (bicyclic) bond motifs is 1. The van der Waals surface area contributed by atoms with Gasteiger partial charge in [0.1, 0.15) is 5.82 Å². The molecule has 1 aromatic heterocycles. The summed E-state index contributed by atoms with van der Waals surface area (Å²) in [5.74, 6) is 0.508. The Morgan fingerprint density at radius 2 is 1.67 bits per heavy atom. The normalized spacial score (nSPS) is 10.3. The van der Waals surface area contributed by atoms with Crippen molar-refractivity contribution < 1.29 is 0 Å². The molecule has 0 aliphatic heterocycles. The number of aromatic nitrogens is 2. The summed E-state index contributed by atoms with van der Waals surface area (Å²) in [7, 11) is 1.86. The van der Waals surface area contributed by atoms with Crippen molar-refractivity contribution in [3.63, 3.8) is 0 Å². The lowest BCUT2D eigenvalue weighted by atomic mass is 10.0. The summed E-state index contributed by atoms with van der Waals surface area (Å²) in [5.41, 5.74) is 8.14. The van der Waals surface area contributed by atoms with Crippen LogP contribution in [-0.2, 0) is 0 Å². The van der Waals surface area contributed by atoms with Crippen molar-refractivity contribution in [2.24, 2.45) is 0 Å². The van der Waals surface area contributed by atoms with Gasteiger partial charge in [-0.2, -0.15) is 0 Å². The lowest BCUT2D eigenvalue weighted by molar-refractivity contribution is 1.35. The Morgan fingerprint density at radius 1 is 1.08 bits per heavy atom. The van der Waals surface area contributed by atoms with Gasteiger partial charge in [0.05, 0.1) is 11.0 Å². The van der Waals surface area contributed by atoms with Crippen LogP contribution in [0.15, 0.2) is 24.3 Å². The van der Waals surface area contributed by atoms with E-state index in [1.807, 2.05) is 32.1 Å². The third kappa shape index (κ3) is 1.01. The van der Waals surface area contributed by atoms with E-state index in [1.165, 1.54) is 0 Å². The molecule has 0 radical (unpaired) electrons. The molecule has 1 aromatic carbocycles. The summed E-state index contributed by atoms with van der Waals surface area (Å²) in [4.78, 5) is 8.48. The standard InChI is InChI=1S/C8H8BN3/c9-7-8(10)12-6-4-2-1-3-5(6)11-7/h1-4H,9H2,(H2,10,12). The molecule has 0 spiro atoms. The Balaban J connectivity index is 2.84. The molecule has 2 aromatic rings. The molecule has 0 aliphatic rings. The van der Waals surface area contributed by atoms with E-state index in [1.54, 1.807) is 0 Å². The number of nitrogens with zero attached hydrogens (tertiary/aromatic N) is 2. The molecular formula is C8H8BN3. The summed E-state index contributed by atoms with van der Waals surface area (Å²) in [5, 5.41) is 0. The van der Waals surface area contributed by atoms with Gasteiger partial charge in [0.15, 0.2) is 7.85 Å². The minimum Gasteiger partial charge on any atom is -0.383 e. The second-order valence-corrected chi connectivity index (χ2v) is 2.68. The highest BCUT2D eigenvalue weighted by Crippen LogP contribution is 2.06. The fourth-order valence-corrected chi connectivity index (χ4v) is 1.10. The first-order chi connectivity index (χ1) is 5.77. The maximum atomic E-state index is 5.61. The molecule has 0 unspecified atom stereocenters. The largest absolute Gasteiger partial charge is 0.383 e. The van der Waals surface area contributed by atoms with Gasteiger partial charge in [-0.05, 0) is 12.1 Å². The van der Waals surface area contributed by atoms with E-state index in [0.717, 1.165) is 16.6 Å². The maximum Gasteiger partial charge on any atom is 0.168 e. The predicted octanol–water partition coefficient (Wildman–Crippen LogP) is -0.530. The van der Waals surface area contributed by atoms with E-state index in [2.05, 4.69) is 9.97 Å². The van der Waals surface area contributed by atoms with Gasteiger partial charge in [-0.3, -0.25) is 4.98 Å². The zero-order chi connectivity index (χ0) is 8.55. The number of anilines is 1. The van der Waals surface area contributed by atoms with Crippen LogP contribution in [0.3, 0.4) is 0 Å². The average Bonchev–Trinajstić information content (AvgIpc) is 2.07. The molecular weight excluding hydrogens is 149 g/mol. The van der Waals surface area contributed by atoms with Gasteiger partial charge < -0.3 is 5.73 Å². The molecule has 0 amide bonds. The van der Waals surface area contributed by atoms with Crippen molar-refractivity contribution in [1.29, 1.82) is 0 Å². The number of hydrogen-bond donors (Lipinski definition) is 1. The van der Waals surface area contributed by atoms with E-state index >= 15 is 0 Å². The van der Waals surface area contributed by atoms with Crippen LogP contribution in [0.2, 0.25) is 0 Å². The molecule has 12 heavy (non-hydrogen) atoms. The number of nitrogens with two attached hydrogens (primary N) is 1. The average molecular weight is 157 g/mol. The highest BCUT2D eigenvalue weighted by Gasteiger charge is 1.98. The topological polar surface area (TPSA) is 51.8 Å². The van der Waals surface area contributed by atoms with Gasteiger partial charge in [-0.1, -0.05) is 12.1 Å². The van der Waals surface area contributed by atoms with Crippen LogP contribution in [-0.4, -0.2) is 17.8 Å². The molecule has 1 heterocycles. The quantitative estimate of drug-likeness (QED) is 0.523. The van der Waals surface area contributed by atoms with Crippen LogP contribution in [0.4, 0.5) is 5.82 Å². The smallest absolute Gasteiger partial charge is 0.168 e. The molecule has 0 fully saturated rings. The maximum absolute atomic E-state index is 5.61. The van der Waals surface area contributed by atoms with E-state index in [4.69, 9.17) is 5.73 Å². The lowest BCUT2D eigenvalue weighted by Gasteiger charge is -2.00. The fraction of sp³-hybridized carbons (Fsp3) is 0. The molecule has 0 bridgehead atoms. The molecule has 3 nitrogen and oxygen atoms in total. The number of benzene rings is 1. The van der Waals surface area contributed by atoms with Gasteiger partial charge >= 0.3 is 0 Å². The zero-order valence-electron chi connectivity index (χ0n) is 6.78. The van der Waals surface area contributed by atoms with Crippen molar-refractivity contribution in [3.8, 4) is 0 Å². The molecule has 0 saturated carbocycles. The number of hydrogen-bond acceptors (Lipinski definition) is 3. The summed E-state index contributed by atoms with van der Waals surface area (Å²) >= 11 is 0. The third-order valence-electron chi connectivity index (χ3n) is 1.78. The summed E-state index contributed by atoms with van der Waals surface area (Å²) in [6, 6.07) is 7.69. The van der Waals surface area contributed by atoms with Crippen molar-refractivity contribution in [1.82, 2.24) is 9.97 Å². The molecule has 0 atom stereocenters. The van der Waals surface area contributed by atoms with E-state index in [-0.39, 0.29) is 0 Å². The van der Waals surface area contributed by atoms with Crippen LogP contribution in [0, 0.1) is 0 Å². The Bertz CT molecular complexity index is 387. The highest BCUT2D eigenvalue weighted by atomic mass is 14.9. The van der Waals surface area contributed by atoms with E-state index < -0.39 is 0 Å². The molecule has 2 N–H and O–H groups in total. The van der Waals surface area contributed by atoms with Gasteiger partial charge in [0.25, 0.3) is 0 Å². The number of nitrogen functional groups attached to an aromatic ring is 1. The van der Waals surface area contributed by atoms with Crippen LogP contribution < -0.4 is 11.3 Å². The third-order valence-corrected chi connectivity index (χ3v) is 1.78. The second-order valence-electron chi connectivity index (χ2n) is 2.68. The Hall–Kier alpha value is -1.58. The van der Waals surface area contributed by atoms with Crippen LogP contribution in [0.25, 0.3) is 11.0 Å². The predicted molar refractivity (Wildman–Crippen MR) is 52.1 cm³/mol. The minimum absolute atomic E-state index is 0.508. The summed E-state index contributed by atoms with van der Waals surface area (Å²) in [6.07, 6.45) is 0. The van der Waals surface area contributed by atoms with Crippen molar-refractivity contribution in [2.75, 3.05) is 5.73 Å². The molecule has 0 saturated heterocycles. The van der Waals surface area contributed by atoms with E-state index in [9.17, 15) is 0 Å². The van der Waals surface area contributed by atoms with Crippen LogP contribution in [0.5, 0.6) is 0 Å². The SMILES string of the molecule is Bc1nc2ccccc2nc1N. The summed E-state index contributed by atoms with van der Waals surface area (Å²) < 4.78 is 0. The van der Waals surface area contributed by atoms with Gasteiger partial charge in [-0.15, -0.1) is 0 Å². The van der Waals surface area contributed by atoms with Crippen molar-refractivity contribution >= 4 is 30.3 Å². The first kappa shape index (κ1) is 7.09. The summed E-state index contributed by atoms with van der Waals surface area (Å²) in [6.45, 7) is 0. The fourth-order valence-electron chi connectivity index (χ4n) is 1.10. The highest BCUT2D eigenvalue weighted by molar-refractivity contribution is 6.33. The van der Waals surface area contributed by atoms with Crippen LogP contribution >= 0.6 is 0 Å². The molecule has 0 aliphatic carbocycles. The Labute approximate surface area is 71.0 Å². The molecule has 4 heteroatoms. The first-order valence-electron chi connectivity index (χ1n) is 3.76. The first-order valence-corrected chi connectivity index (χ1v) is 3.76. The Morgan fingerprint density at radius 3 is 2.33 bits per heavy atom. The van der Waals surface area contributed by atoms with Crippen LogP contribution in [0.1, 0.15) is 0 Å². The van der Waals surface area contributed by atoms with Crippen molar-refractivity contribution in [3.05, 3.63) is 24.3 Å². The van der Waals surface area contributed by atoms with Gasteiger partial charge in [0.2, 0.25) is 0 Å². The van der Waals surface area contributed by atoms with Gasteiger partial charge in [0, 0.05) is 5.59 Å². The second kappa shape index (κ2) is 2.48. The molecule has 58 valence electrons. The lowest BCUT2D eigenvalue weighted by Crippen LogP contribution is -2.15. The number of rotatable bonds is 0. The van der Waals surface area contributed by atoms with E-state index in [0.29, 0.717) is 5.82 Å². The molecule has 2 rings (SSSR count). The monoisotopic (exact) mass is 157 g/mol. The van der Waals surface area contributed by atoms with Crippen molar-refractivity contribution in [2.45, 2.75) is 0 Å². The minimum atomic E-state index is 0.508. The number of para-hydroxylation sites is 2. The Kier molecular flexibility index (Phi) is 1.47.